The summed E-state index contributed by atoms with van der Waals surface area (Å²) in [5.41, 5.74) is 3.18. The van der Waals surface area contributed by atoms with Gasteiger partial charge in [-0.25, -0.2) is 0 Å². The molecule has 1 saturated heterocycles. The second-order valence-corrected chi connectivity index (χ2v) is 6.67. The van der Waals surface area contributed by atoms with Crippen LogP contribution < -0.4 is 4.74 Å². The van der Waals surface area contributed by atoms with E-state index in [1.54, 1.807) is 23.8 Å². The van der Waals surface area contributed by atoms with E-state index >= 15 is 0 Å². The third-order valence-corrected chi connectivity index (χ3v) is 4.92. The van der Waals surface area contributed by atoms with Crippen LogP contribution in [0.5, 0.6) is 5.75 Å². The van der Waals surface area contributed by atoms with Gasteiger partial charge < -0.3 is 14.5 Å². The van der Waals surface area contributed by atoms with Gasteiger partial charge in [0.1, 0.15) is 18.3 Å². The van der Waals surface area contributed by atoms with Crippen LogP contribution in [0.3, 0.4) is 0 Å². The van der Waals surface area contributed by atoms with E-state index < -0.39 is 6.04 Å². The van der Waals surface area contributed by atoms with Gasteiger partial charge in [-0.2, -0.15) is 0 Å². The molecule has 1 fully saturated rings. The molecule has 0 unspecified atom stereocenters. The summed E-state index contributed by atoms with van der Waals surface area (Å²) in [6.45, 7) is 4.83. The summed E-state index contributed by atoms with van der Waals surface area (Å²) in [4.78, 5) is 28.8. The molecule has 3 rings (SSSR count). The Labute approximate surface area is 154 Å². The van der Waals surface area contributed by atoms with Crippen LogP contribution >= 0.6 is 0 Å². The van der Waals surface area contributed by atoms with Crippen molar-refractivity contribution in [1.82, 2.24) is 9.80 Å². The first-order chi connectivity index (χ1) is 12.5. The van der Waals surface area contributed by atoms with Gasteiger partial charge in [-0.1, -0.05) is 36.4 Å². The Balaban J connectivity index is 1.71. The minimum Gasteiger partial charge on any atom is -0.497 e. The Hall–Kier alpha value is -2.82. The monoisotopic (exact) mass is 352 g/mol. The predicted octanol–water partition coefficient (Wildman–Crippen LogP) is 2.76. The van der Waals surface area contributed by atoms with Gasteiger partial charge in [-0.3, -0.25) is 9.59 Å². The molecular weight excluding hydrogens is 328 g/mol. The molecule has 5 heteroatoms. The minimum absolute atomic E-state index is 0.0194. The number of ether oxygens (including phenoxy) is 1. The molecule has 0 bridgehead atoms. The van der Waals surface area contributed by atoms with Crippen LogP contribution in [0.15, 0.2) is 48.5 Å². The summed E-state index contributed by atoms with van der Waals surface area (Å²) in [5.74, 6) is 0.732. The number of aryl methyl sites for hydroxylation is 1. The number of hydrogen-bond acceptors (Lipinski definition) is 3. The molecule has 2 amide bonds. The van der Waals surface area contributed by atoms with Crippen LogP contribution in [-0.2, 0) is 22.7 Å². The van der Waals surface area contributed by atoms with Crippen LogP contribution in [0.25, 0.3) is 0 Å². The van der Waals surface area contributed by atoms with E-state index in [2.05, 4.69) is 0 Å². The van der Waals surface area contributed by atoms with Crippen LogP contribution in [0.2, 0.25) is 0 Å². The van der Waals surface area contributed by atoms with Crippen molar-refractivity contribution >= 4 is 11.8 Å². The normalized spacial score (nSPS) is 17.6. The second-order valence-electron chi connectivity index (χ2n) is 6.67. The van der Waals surface area contributed by atoms with E-state index in [0.717, 1.165) is 22.4 Å². The molecule has 2 aromatic carbocycles. The SMILES string of the molecule is COc1ccc(CN2CC(=O)N(Cc3ccccc3C)[C@@H](C)C2=O)cc1. The molecule has 0 N–H and O–H groups in total. The molecule has 0 aliphatic carbocycles. The third kappa shape index (κ3) is 3.72. The lowest BCUT2D eigenvalue weighted by molar-refractivity contribution is -0.156. The lowest BCUT2D eigenvalue weighted by Gasteiger charge is -2.39. The van der Waals surface area contributed by atoms with Crippen molar-refractivity contribution in [1.29, 1.82) is 0 Å². The highest BCUT2D eigenvalue weighted by molar-refractivity contribution is 5.94. The zero-order valence-corrected chi connectivity index (χ0v) is 15.4. The van der Waals surface area contributed by atoms with Crippen LogP contribution in [0.1, 0.15) is 23.6 Å². The fourth-order valence-corrected chi connectivity index (χ4v) is 3.23. The Bertz CT molecular complexity index is 801. The predicted molar refractivity (Wildman–Crippen MR) is 99.6 cm³/mol. The van der Waals surface area contributed by atoms with Crippen molar-refractivity contribution < 1.29 is 14.3 Å². The number of rotatable bonds is 5. The molecule has 5 nitrogen and oxygen atoms in total. The first kappa shape index (κ1) is 18.0. The fraction of sp³-hybridized carbons (Fsp3) is 0.333. The van der Waals surface area contributed by atoms with Gasteiger partial charge in [0.25, 0.3) is 0 Å². The van der Waals surface area contributed by atoms with Gasteiger partial charge in [0.05, 0.1) is 7.11 Å². The van der Waals surface area contributed by atoms with Crippen molar-refractivity contribution in [3.05, 3.63) is 65.2 Å². The Morgan fingerprint density at radius 2 is 1.73 bits per heavy atom. The van der Waals surface area contributed by atoms with Gasteiger partial charge in [-0.05, 0) is 42.7 Å². The first-order valence-corrected chi connectivity index (χ1v) is 8.75. The maximum atomic E-state index is 12.8. The average Bonchev–Trinajstić information content (AvgIpc) is 2.65. The lowest BCUT2D eigenvalue weighted by Crippen LogP contribution is -2.58. The molecule has 0 aromatic heterocycles. The summed E-state index contributed by atoms with van der Waals surface area (Å²) in [5, 5.41) is 0. The van der Waals surface area contributed by atoms with Crippen molar-refractivity contribution in [2.75, 3.05) is 13.7 Å². The quantitative estimate of drug-likeness (QED) is 0.831. The van der Waals surface area contributed by atoms with Gasteiger partial charge in [0.2, 0.25) is 11.8 Å². The van der Waals surface area contributed by atoms with Crippen molar-refractivity contribution in [3.8, 4) is 5.75 Å². The van der Waals surface area contributed by atoms with Crippen molar-refractivity contribution in [2.45, 2.75) is 33.0 Å². The highest BCUT2D eigenvalue weighted by Gasteiger charge is 2.36. The third-order valence-electron chi connectivity index (χ3n) is 4.92. The molecular formula is C21H24N2O3. The Morgan fingerprint density at radius 1 is 1.04 bits per heavy atom. The number of carbonyl (C=O) groups excluding carboxylic acids is 2. The molecule has 0 radical (unpaired) electrons. The standard InChI is InChI=1S/C21H24N2O3/c1-15-6-4-5-7-18(15)13-23-16(2)21(25)22(14-20(23)24)12-17-8-10-19(26-3)11-9-17/h4-11,16H,12-14H2,1-3H3/t16-/m0/s1. The summed E-state index contributed by atoms with van der Waals surface area (Å²) in [6, 6.07) is 15.0. The number of carbonyl (C=O) groups is 2. The smallest absolute Gasteiger partial charge is 0.245 e. The molecule has 136 valence electrons. The number of hydrogen-bond donors (Lipinski definition) is 0. The Morgan fingerprint density at radius 3 is 2.38 bits per heavy atom. The molecule has 1 atom stereocenters. The van der Waals surface area contributed by atoms with Crippen LogP contribution in [0.4, 0.5) is 0 Å². The van der Waals surface area contributed by atoms with Gasteiger partial charge >= 0.3 is 0 Å². The second kappa shape index (κ2) is 7.60. The minimum atomic E-state index is -0.464. The molecule has 0 saturated carbocycles. The van der Waals surface area contributed by atoms with Gasteiger partial charge in [0, 0.05) is 13.1 Å². The maximum Gasteiger partial charge on any atom is 0.245 e. The topological polar surface area (TPSA) is 49.9 Å². The van der Waals surface area contributed by atoms with Crippen LogP contribution in [0, 0.1) is 6.92 Å². The molecule has 1 aliphatic rings. The number of amides is 2. The van der Waals surface area contributed by atoms with Gasteiger partial charge in [0.15, 0.2) is 0 Å². The van der Waals surface area contributed by atoms with E-state index in [9.17, 15) is 9.59 Å². The zero-order chi connectivity index (χ0) is 18.7. The van der Waals surface area contributed by atoms with Crippen LogP contribution in [-0.4, -0.2) is 41.3 Å². The van der Waals surface area contributed by atoms with Crippen molar-refractivity contribution in [3.63, 3.8) is 0 Å². The fourth-order valence-electron chi connectivity index (χ4n) is 3.23. The number of benzene rings is 2. The van der Waals surface area contributed by atoms with E-state index in [-0.39, 0.29) is 18.4 Å². The van der Waals surface area contributed by atoms with E-state index in [4.69, 9.17) is 4.74 Å². The zero-order valence-electron chi connectivity index (χ0n) is 15.4. The van der Waals surface area contributed by atoms with Crippen molar-refractivity contribution in [2.24, 2.45) is 0 Å². The average molecular weight is 352 g/mol. The summed E-state index contributed by atoms with van der Waals surface area (Å²) >= 11 is 0. The lowest BCUT2D eigenvalue weighted by atomic mass is 10.1. The molecule has 0 spiro atoms. The molecule has 1 heterocycles. The van der Waals surface area contributed by atoms with E-state index in [1.165, 1.54) is 0 Å². The number of methoxy groups -OCH3 is 1. The molecule has 26 heavy (non-hydrogen) atoms. The summed E-state index contributed by atoms with van der Waals surface area (Å²) in [6.07, 6.45) is 0. The highest BCUT2D eigenvalue weighted by atomic mass is 16.5. The van der Waals surface area contributed by atoms with E-state index in [0.29, 0.717) is 13.1 Å². The summed E-state index contributed by atoms with van der Waals surface area (Å²) < 4.78 is 5.15. The number of nitrogens with zero attached hydrogens (tertiary/aromatic N) is 2. The highest BCUT2D eigenvalue weighted by Crippen LogP contribution is 2.20. The summed E-state index contributed by atoms with van der Waals surface area (Å²) in [7, 11) is 1.62. The van der Waals surface area contributed by atoms with Gasteiger partial charge in [-0.15, -0.1) is 0 Å². The first-order valence-electron chi connectivity index (χ1n) is 8.75. The number of piperazine rings is 1. The Kier molecular flexibility index (Phi) is 5.26. The largest absolute Gasteiger partial charge is 0.497 e. The van der Waals surface area contributed by atoms with E-state index in [1.807, 2.05) is 55.5 Å². The maximum absolute atomic E-state index is 12.8. The molecule has 1 aliphatic heterocycles. The molecule has 2 aromatic rings.